The maximum atomic E-state index is 12.3. The second-order valence-electron chi connectivity index (χ2n) is 9.80. The Kier molecular flexibility index (Phi) is 12.8. The molecule has 7 heteroatoms. The Morgan fingerprint density at radius 2 is 1.88 bits per heavy atom. The molecule has 0 aliphatic carbocycles. The number of amides is 1. The van der Waals surface area contributed by atoms with Gasteiger partial charge in [-0.15, -0.1) is 0 Å². The van der Waals surface area contributed by atoms with E-state index in [1.807, 2.05) is 39.0 Å². The predicted molar refractivity (Wildman–Crippen MR) is 133 cm³/mol. The molecule has 1 aromatic rings. The lowest BCUT2D eigenvalue weighted by molar-refractivity contribution is -0.130. The molecule has 1 rings (SSSR count). The van der Waals surface area contributed by atoms with Crippen LogP contribution in [-0.4, -0.2) is 57.1 Å². The first kappa shape index (κ1) is 29.2. The topological polar surface area (TPSA) is 103 Å². The molecule has 3 atom stereocenters. The van der Waals surface area contributed by atoms with E-state index in [0.29, 0.717) is 31.3 Å². The number of benzene rings is 1. The van der Waals surface area contributed by atoms with Crippen LogP contribution < -0.4 is 20.5 Å². The van der Waals surface area contributed by atoms with Crippen molar-refractivity contribution in [2.45, 2.75) is 72.4 Å². The number of hydrogen-bond donors (Lipinski definition) is 3. The van der Waals surface area contributed by atoms with Gasteiger partial charge in [-0.25, -0.2) is 0 Å². The Bertz CT molecular complexity index is 708. The van der Waals surface area contributed by atoms with Gasteiger partial charge in [-0.05, 0) is 48.8 Å². The first-order valence-electron chi connectivity index (χ1n) is 12.1. The fourth-order valence-corrected chi connectivity index (χ4v) is 3.50. The number of rotatable bonds is 16. The maximum Gasteiger partial charge on any atom is 0.225 e. The second-order valence-corrected chi connectivity index (χ2v) is 9.80. The molecular formula is C26H46N2O5. The summed E-state index contributed by atoms with van der Waals surface area (Å²) in [5, 5.41) is 13.4. The summed E-state index contributed by atoms with van der Waals surface area (Å²) in [6, 6.07) is 5.57. The van der Waals surface area contributed by atoms with Crippen LogP contribution in [0.4, 0.5) is 0 Å². The van der Waals surface area contributed by atoms with Gasteiger partial charge in [-0.2, -0.15) is 0 Å². The molecule has 0 radical (unpaired) electrons. The third-order valence-corrected chi connectivity index (χ3v) is 6.46. The third-order valence-electron chi connectivity index (χ3n) is 6.46. The van der Waals surface area contributed by atoms with Crippen LogP contribution in [0.3, 0.4) is 0 Å². The lowest BCUT2D eigenvalue weighted by atomic mass is 9.83. The fraction of sp³-hybridized carbons (Fsp3) is 0.731. The third kappa shape index (κ3) is 9.90. The van der Waals surface area contributed by atoms with Gasteiger partial charge < -0.3 is 30.4 Å². The molecule has 0 aliphatic heterocycles. The van der Waals surface area contributed by atoms with Crippen molar-refractivity contribution >= 4 is 5.91 Å². The number of ether oxygens (including phenoxy) is 3. The number of carbonyl (C=O) groups is 1. The van der Waals surface area contributed by atoms with Crippen LogP contribution in [0, 0.1) is 17.3 Å². The largest absolute Gasteiger partial charge is 0.493 e. The van der Waals surface area contributed by atoms with E-state index in [2.05, 4.69) is 19.2 Å². The lowest BCUT2D eigenvalue weighted by Gasteiger charge is -2.28. The van der Waals surface area contributed by atoms with Crippen molar-refractivity contribution in [2.24, 2.45) is 23.0 Å². The monoisotopic (exact) mass is 466 g/mol. The van der Waals surface area contributed by atoms with E-state index in [1.165, 1.54) is 0 Å². The van der Waals surface area contributed by atoms with Gasteiger partial charge in [0.05, 0.1) is 19.8 Å². The van der Waals surface area contributed by atoms with E-state index in [4.69, 9.17) is 19.9 Å². The normalized spacial score (nSPS) is 14.6. The van der Waals surface area contributed by atoms with Gasteiger partial charge in [-0.3, -0.25) is 4.79 Å². The number of nitrogens with two attached hydrogens (primary N) is 1. The Morgan fingerprint density at radius 1 is 1.18 bits per heavy atom. The number of aliphatic hydroxyl groups is 1. The zero-order valence-corrected chi connectivity index (χ0v) is 21.6. The minimum atomic E-state index is -0.793. The first-order valence-corrected chi connectivity index (χ1v) is 12.1. The maximum absolute atomic E-state index is 12.3. The molecule has 190 valence electrons. The fourth-order valence-electron chi connectivity index (χ4n) is 3.50. The SMILES string of the molecule is CCC(C)(C)C(=O)NC[C@H](O)[C@@H](N)C[C@H](Cc1ccc(OC)c(OCCCOC)c1)C(C)C. The molecule has 1 amide bonds. The summed E-state index contributed by atoms with van der Waals surface area (Å²) in [5.41, 5.74) is 7.03. The Balaban J connectivity index is 2.76. The van der Waals surface area contributed by atoms with Crippen LogP contribution in [-0.2, 0) is 16.0 Å². The van der Waals surface area contributed by atoms with Gasteiger partial charge in [0.25, 0.3) is 0 Å². The van der Waals surface area contributed by atoms with Gasteiger partial charge in [0.1, 0.15) is 0 Å². The molecule has 0 saturated heterocycles. The number of methoxy groups -OCH3 is 2. The van der Waals surface area contributed by atoms with Crippen LogP contribution in [0.1, 0.15) is 59.4 Å². The molecule has 0 unspecified atom stereocenters. The van der Waals surface area contributed by atoms with Gasteiger partial charge in [0.15, 0.2) is 11.5 Å². The zero-order valence-electron chi connectivity index (χ0n) is 21.6. The molecule has 1 aromatic carbocycles. The highest BCUT2D eigenvalue weighted by molar-refractivity contribution is 5.81. The molecule has 0 saturated carbocycles. The summed E-state index contributed by atoms with van der Waals surface area (Å²) in [4.78, 5) is 12.3. The van der Waals surface area contributed by atoms with Gasteiger partial charge in [0.2, 0.25) is 5.91 Å². The van der Waals surface area contributed by atoms with Crippen molar-refractivity contribution in [3.8, 4) is 11.5 Å². The van der Waals surface area contributed by atoms with E-state index in [1.54, 1.807) is 14.2 Å². The molecule has 0 aliphatic rings. The highest BCUT2D eigenvalue weighted by Crippen LogP contribution is 2.31. The van der Waals surface area contributed by atoms with E-state index in [9.17, 15) is 9.90 Å². The molecule has 0 aromatic heterocycles. The number of aliphatic hydroxyl groups excluding tert-OH is 1. The second kappa shape index (κ2) is 14.4. The minimum Gasteiger partial charge on any atom is -0.493 e. The molecule has 0 fully saturated rings. The molecule has 0 spiro atoms. The number of carbonyl (C=O) groups excluding carboxylic acids is 1. The number of nitrogens with one attached hydrogen (secondary N) is 1. The van der Waals surface area contributed by atoms with Gasteiger partial charge in [0, 0.05) is 38.1 Å². The van der Waals surface area contributed by atoms with Crippen molar-refractivity contribution < 1.29 is 24.1 Å². The summed E-state index contributed by atoms with van der Waals surface area (Å²) < 4.78 is 16.4. The smallest absolute Gasteiger partial charge is 0.225 e. The average molecular weight is 467 g/mol. The van der Waals surface area contributed by atoms with Crippen molar-refractivity contribution in [2.75, 3.05) is 34.0 Å². The van der Waals surface area contributed by atoms with Crippen molar-refractivity contribution in [1.82, 2.24) is 5.32 Å². The van der Waals surface area contributed by atoms with Crippen molar-refractivity contribution in [1.29, 1.82) is 0 Å². The highest BCUT2D eigenvalue weighted by atomic mass is 16.5. The molecule has 7 nitrogen and oxygen atoms in total. The van der Waals surface area contributed by atoms with Crippen LogP contribution in [0.15, 0.2) is 18.2 Å². The Morgan fingerprint density at radius 3 is 2.45 bits per heavy atom. The van der Waals surface area contributed by atoms with Crippen LogP contribution in [0.2, 0.25) is 0 Å². The van der Waals surface area contributed by atoms with Crippen molar-refractivity contribution in [3.05, 3.63) is 23.8 Å². The van der Waals surface area contributed by atoms with E-state index >= 15 is 0 Å². The summed E-state index contributed by atoms with van der Waals surface area (Å²) in [6.45, 7) is 11.5. The molecule has 4 N–H and O–H groups in total. The molecule has 0 bridgehead atoms. The minimum absolute atomic E-state index is 0.0621. The number of hydrogen-bond acceptors (Lipinski definition) is 6. The summed E-state index contributed by atoms with van der Waals surface area (Å²) in [7, 11) is 3.31. The summed E-state index contributed by atoms with van der Waals surface area (Å²) >= 11 is 0. The molecule has 0 heterocycles. The van der Waals surface area contributed by atoms with Gasteiger partial charge in [-0.1, -0.05) is 40.7 Å². The standard InChI is InChI=1S/C26H46N2O5/c1-8-26(4,5)25(30)28-17-22(29)21(27)16-20(18(2)3)14-19-10-11-23(32-7)24(15-19)33-13-9-12-31-6/h10-11,15,18,20-22,29H,8-9,12-14,16-17,27H2,1-7H3,(H,28,30)/t20-,21-,22-/m0/s1. The van der Waals surface area contributed by atoms with E-state index in [-0.39, 0.29) is 18.4 Å². The van der Waals surface area contributed by atoms with Crippen LogP contribution in [0.5, 0.6) is 11.5 Å². The Labute approximate surface area is 200 Å². The van der Waals surface area contributed by atoms with Crippen LogP contribution >= 0.6 is 0 Å². The van der Waals surface area contributed by atoms with E-state index < -0.39 is 17.6 Å². The quantitative estimate of drug-likeness (QED) is 0.322. The lowest BCUT2D eigenvalue weighted by Crippen LogP contribution is -2.47. The van der Waals surface area contributed by atoms with Crippen molar-refractivity contribution in [3.63, 3.8) is 0 Å². The van der Waals surface area contributed by atoms with E-state index in [0.717, 1.165) is 30.6 Å². The molecule has 33 heavy (non-hydrogen) atoms. The van der Waals surface area contributed by atoms with Gasteiger partial charge >= 0.3 is 0 Å². The summed E-state index contributed by atoms with van der Waals surface area (Å²) in [5.74, 6) is 2.01. The first-order chi connectivity index (χ1) is 15.5. The zero-order chi connectivity index (χ0) is 25.0. The average Bonchev–Trinajstić information content (AvgIpc) is 2.79. The van der Waals surface area contributed by atoms with Crippen LogP contribution in [0.25, 0.3) is 0 Å². The Hall–Kier alpha value is -1.83. The summed E-state index contributed by atoms with van der Waals surface area (Å²) in [6.07, 6.45) is 2.21. The molecular weight excluding hydrogens is 420 g/mol. The predicted octanol–water partition coefficient (Wildman–Crippen LogP) is 3.56. The highest BCUT2D eigenvalue weighted by Gasteiger charge is 2.27.